The molecule has 3 aromatic rings. The first-order valence-electron chi connectivity index (χ1n) is 14.2. The molecule has 1 fully saturated rings. The summed E-state index contributed by atoms with van der Waals surface area (Å²) in [4.78, 5) is 31.8. The van der Waals surface area contributed by atoms with Crippen molar-refractivity contribution in [1.82, 2.24) is 10.3 Å². The van der Waals surface area contributed by atoms with Crippen molar-refractivity contribution in [3.8, 4) is 0 Å². The van der Waals surface area contributed by atoms with Gasteiger partial charge in [-0.1, -0.05) is 42.5 Å². The minimum absolute atomic E-state index is 0.0329. The van der Waals surface area contributed by atoms with Gasteiger partial charge in [-0.15, -0.1) is 0 Å². The zero-order chi connectivity index (χ0) is 33.0. The number of ether oxygens (including phenoxy) is 1. The number of benzene rings is 2. The third kappa shape index (κ3) is 7.91. The Morgan fingerprint density at radius 1 is 1.07 bits per heavy atom. The number of piperidine rings is 1. The standard InChI is InChI=1S/C31H34F4N4O5S/c1-4-44-29(41)30(23-8-6-5-7-9-23)14-16-39(17-15-30)27-22(11-13-26(37-27)31(33,34)35)19-36-28(40)20(2)21-10-12-25(24(32)18-21)38-45(3,42)43/h5-13,18,20,38H,4,14-17,19H2,1-3H3,(H,36,40). The van der Waals surface area contributed by atoms with Gasteiger partial charge in [0.05, 0.1) is 29.9 Å². The van der Waals surface area contributed by atoms with Crippen LogP contribution in [-0.4, -0.2) is 51.2 Å². The molecule has 0 radical (unpaired) electrons. The van der Waals surface area contributed by atoms with E-state index in [2.05, 4.69) is 10.3 Å². The summed E-state index contributed by atoms with van der Waals surface area (Å²) in [5.41, 5.74) is -0.980. The highest BCUT2D eigenvalue weighted by Gasteiger charge is 2.45. The van der Waals surface area contributed by atoms with Crippen LogP contribution in [0.15, 0.2) is 60.7 Å². The third-order valence-corrected chi connectivity index (χ3v) is 8.38. The van der Waals surface area contributed by atoms with Crippen LogP contribution in [0.4, 0.5) is 29.1 Å². The molecule has 1 aromatic heterocycles. The van der Waals surface area contributed by atoms with Gasteiger partial charge < -0.3 is 15.0 Å². The molecule has 0 aliphatic carbocycles. The van der Waals surface area contributed by atoms with E-state index in [1.165, 1.54) is 25.1 Å². The number of amides is 1. The number of alkyl halides is 3. The van der Waals surface area contributed by atoms with E-state index in [9.17, 15) is 35.6 Å². The molecular weight excluding hydrogens is 616 g/mol. The number of hydrogen-bond donors (Lipinski definition) is 2. The van der Waals surface area contributed by atoms with Crippen LogP contribution in [0.3, 0.4) is 0 Å². The quantitative estimate of drug-likeness (QED) is 0.231. The normalized spacial score (nSPS) is 15.7. The van der Waals surface area contributed by atoms with Gasteiger partial charge in [-0.25, -0.2) is 17.8 Å². The zero-order valence-corrected chi connectivity index (χ0v) is 25.8. The number of halogens is 4. The second kappa shape index (κ2) is 13.4. The summed E-state index contributed by atoms with van der Waals surface area (Å²) in [5, 5.41) is 2.69. The maximum absolute atomic E-state index is 14.5. The number of nitrogens with one attached hydrogen (secondary N) is 2. The molecule has 2 N–H and O–H groups in total. The Bertz CT molecular complexity index is 1640. The highest BCUT2D eigenvalue weighted by atomic mass is 32.2. The molecule has 1 amide bonds. The number of rotatable bonds is 10. The van der Waals surface area contributed by atoms with Crippen molar-refractivity contribution in [3.05, 3.63) is 88.9 Å². The van der Waals surface area contributed by atoms with Gasteiger partial charge in [0.1, 0.15) is 17.3 Å². The number of anilines is 2. The van der Waals surface area contributed by atoms with Crippen LogP contribution < -0.4 is 14.9 Å². The van der Waals surface area contributed by atoms with E-state index in [0.29, 0.717) is 5.56 Å². The number of aromatic nitrogens is 1. The first kappa shape index (κ1) is 33.7. The van der Waals surface area contributed by atoms with E-state index in [-0.39, 0.29) is 56.2 Å². The molecule has 14 heteroatoms. The number of carbonyl (C=O) groups excluding carboxylic acids is 2. The summed E-state index contributed by atoms with van der Waals surface area (Å²) in [7, 11) is -3.71. The summed E-state index contributed by atoms with van der Waals surface area (Å²) >= 11 is 0. The van der Waals surface area contributed by atoms with Gasteiger partial charge in [0.15, 0.2) is 0 Å². The molecule has 0 saturated carbocycles. The van der Waals surface area contributed by atoms with E-state index in [1.807, 2.05) is 35.1 Å². The van der Waals surface area contributed by atoms with E-state index in [4.69, 9.17) is 4.74 Å². The van der Waals surface area contributed by atoms with Gasteiger partial charge >= 0.3 is 12.1 Å². The van der Waals surface area contributed by atoms with E-state index < -0.39 is 50.9 Å². The smallest absolute Gasteiger partial charge is 0.433 e. The second-order valence-corrected chi connectivity index (χ2v) is 12.6. The summed E-state index contributed by atoms with van der Waals surface area (Å²) in [6.07, 6.45) is -3.29. The molecule has 1 unspecified atom stereocenters. The molecule has 1 saturated heterocycles. The summed E-state index contributed by atoms with van der Waals surface area (Å²) in [6.45, 7) is 3.64. The molecule has 1 atom stereocenters. The Hall–Kier alpha value is -4.20. The Morgan fingerprint density at radius 2 is 1.73 bits per heavy atom. The molecule has 45 heavy (non-hydrogen) atoms. The molecule has 0 spiro atoms. The number of carbonyl (C=O) groups is 2. The van der Waals surface area contributed by atoms with Crippen LogP contribution in [0.5, 0.6) is 0 Å². The van der Waals surface area contributed by atoms with Gasteiger partial charge in [-0.2, -0.15) is 13.2 Å². The summed E-state index contributed by atoms with van der Waals surface area (Å²) in [5.74, 6) is -2.64. The lowest BCUT2D eigenvalue weighted by molar-refractivity contribution is -0.151. The Labute approximate surface area is 259 Å². The van der Waals surface area contributed by atoms with Crippen molar-refractivity contribution >= 4 is 33.4 Å². The van der Waals surface area contributed by atoms with Crippen molar-refractivity contribution in [2.45, 2.75) is 50.7 Å². The van der Waals surface area contributed by atoms with Crippen LogP contribution in [0.1, 0.15) is 55.0 Å². The fraction of sp³-hybridized carbons (Fsp3) is 0.387. The average molecular weight is 651 g/mol. The van der Waals surface area contributed by atoms with Crippen molar-refractivity contribution in [3.63, 3.8) is 0 Å². The van der Waals surface area contributed by atoms with Crippen LogP contribution >= 0.6 is 0 Å². The molecule has 0 bridgehead atoms. The van der Waals surface area contributed by atoms with Gasteiger partial charge in [-0.05, 0) is 56.0 Å². The van der Waals surface area contributed by atoms with Crippen molar-refractivity contribution in [1.29, 1.82) is 0 Å². The minimum Gasteiger partial charge on any atom is -0.465 e. The maximum atomic E-state index is 14.5. The molecular formula is C31H34F4N4O5S. The molecule has 9 nitrogen and oxygen atoms in total. The number of sulfonamides is 1. The third-order valence-electron chi connectivity index (χ3n) is 7.79. The lowest BCUT2D eigenvalue weighted by Crippen LogP contribution is -2.48. The second-order valence-electron chi connectivity index (χ2n) is 10.9. The topological polar surface area (TPSA) is 118 Å². The van der Waals surface area contributed by atoms with E-state index >= 15 is 0 Å². The largest absolute Gasteiger partial charge is 0.465 e. The number of nitrogens with zero attached hydrogens (tertiary/aromatic N) is 2. The minimum atomic E-state index is -4.71. The molecule has 242 valence electrons. The van der Waals surface area contributed by atoms with Crippen LogP contribution in [0.2, 0.25) is 0 Å². The van der Waals surface area contributed by atoms with Gasteiger partial charge in [0.25, 0.3) is 0 Å². The predicted molar refractivity (Wildman–Crippen MR) is 161 cm³/mol. The highest BCUT2D eigenvalue weighted by Crippen LogP contribution is 2.39. The van der Waals surface area contributed by atoms with Crippen molar-refractivity contribution in [2.75, 3.05) is 35.6 Å². The molecule has 2 aromatic carbocycles. The molecule has 4 rings (SSSR count). The lowest BCUT2D eigenvalue weighted by Gasteiger charge is -2.41. The van der Waals surface area contributed by atoms with Gasteiger partial charge in [0.2, 0.25) is 15.9 Å². The first-order valence-corrected chi connectivity index (χ1v) is 16.1. The van der Waals surface area contributed by atoms with Gasteiger partial charge in [-0.3, -0.25) is 14.3 Å². The number of esters is 1. The zero-order valence-electron chi connectivity index (χ0n) is 24.9. The SMILES string of the molecule is CCOC(=O)C1(c2ccccc2)CCN(c2nc(C(F)(F)F)ccc2CNC(=O)C(C)c2ccc(NS(C)(=O)=O)c(F)c2)CC1. The Kier molecular flexibility index (Phi) is 10.1. The van der Waals surface area contributed by atoms with E-state index in [1.54, 1.807) is 11.8 Å². The molecule has 2 heterocycles. The summed E-state index contributed by atoms with van der Waals surface area (Å²) in [6, 6.07) is 14.9. The molecule has 1 aliphatic heterocycles. The average Bonchev–Trinajstić information content (AvgIpc) is 3.00. The Balaban J connectivity index is 1.55. The predicted octanol–water partition coefficient (Wildman–Crippen LogP) is 5.13. The number of hydrogen-bond acceptors (Lipinski definition) is 7. The van der Waals surface area contributed by atoms with Gasteiger partial charge in [0, 0.05) is 25.2 Å². The number of pyridine rings is 1. The van der Waals surface area contributed by atoms with Crippen LogP contribution in [0.25, 0.3) is 0 Å². The molecule has 1 aliphatic rings. The van der Waals surface area contributed by atoms with Crippen molar-refractivity contribution in [2.24, 2.45) is 0 Å². The maximum Gasteiger partial charge on any atom is 0.433 e. The Morgan fingerprint density at radius 3 is 2.31 bits per heavy atom. The van der Waals surface area contributed by atoms with Crippen LogP contribution in [0, 0.1) is 5.82 Å². The fourth-order valence-corrected chi connectivity index (χ4v) is 5.92. The monoisotopic (exact) mass is 650 g/mol. The highest BCUT2D eigenvalue weighted by molar-refractivity contribution is 7.92. The first-order chi connectivity index (χ1) is 21.1. The van der Waals surface area contributed by atoms with Crippen LogP contribution in [-0.2, 0) is 42.5 Å². The lowest BCUT2D eigenvalue weighted by atomic mass is 9.72. The van der Waals surface area contributed by atoms with Crippen molar-refractivity contribution < 1.29 is 40.3 Å². The van der Waals surface area contributed by atoms with E-state index in [0.717, 1.165) is 24.0 Å². The fourth-order valence-electron chi connectivity index (χ4n) is 5.35. The summed E-state index contributed by atoms with van der Waals surface area (Å²) < 4.78 is 85.9.